The standard InChI is InChI=1S/C13H19BrN2O2S/c1-10(7-8-19-3)15(2)9-11-5-4-6-12(13(11)14)16(17)18/h4-6,10H,7-9H2,1-3H3. The molecule has 0 saturated heterocycles. The fourth-order valence-corrected chi connectivity index (χ4v) is 2.87. The molecule has 1 atom stereocenters. The van der Waals surface area contributed by atoms with Gasteiger partial charge in [0.25, 0.3) is 5.69 Å². The van der Waals surface area contributed by atoms with Crippen LogP contribution in [0.3, 0.4) is 0 Å². The van der Waals surface area contributed by atoms with Crippen molar-refractivity contribution in [3.8, 4) is 0 Å². The van der Waals surface area contributed by atoms with Gasteiger partial charge in [0, 0.05) is 18.7 Å². The first-order valence-corrected chi connectivity index (χ1v) is 8.27. The van der Waals surface area contributed by atoms with Crippen LogP contribution >= 0.6 is 27.7 Å². The van der Waals surface area contributed by atoms with E-state index in [2.05, 4.69) is 41.1 Å². The lowest BCUT2D eigenvalue weighted by Crippen LogP contribution is -2.29. The Morgan fingerprint density at radius 3 is 2.79 bits per heavy atom. The van der Waals surface area contributed by atoms with Crippen LogP contribution in [0.2, 0.25) is 0 Å². The van der Waals surface area contributed by atoms with Crippen LogP contribution in [0.4, 0.5) is 5.69 Å². The number of nitro groups is 1. The first-order valence-electron chi connectivity index (χ1n) is 6.08. The topological polar surface area (TPSA) is 46.4 Å². The summed E-state index contributed by atoms with van der Waals surface area (Å²) in [6, 6.07) is 5.64. The van der Waals surface area contributed by atoms with Crippen LogP contribution in [-0.2, 0) is 6.54 Å². The van der Waals surface area contributed by atoms with Crippen molar-refractivity contribution in [3.63, 3.8) is 0 Å². The van der Waals surface area contributed by atoms with Crippen molar-refractivity contribution in [2.75, 3.05) is 19.1 Å². The Morgan fingerprint density at radius 2 is 2.21 bits per heavy atom. The molecule has 1 aromatic carbocycles. The Balaban J connectivity index is 2.76. The largest absolute Gasteiger partial charge is 0.299 e. The number of nitro benzene ring substituents is 1. The highest BCUT2D eigenvalue weighted by Gasteiger charge is 2.17. The molecule has 19 heavy (non-hydrogen) atoms. The molecular weight excluding hydrogens is 328 g/mol. The summed E-state index contributed by atoms with van der Waals surface area (Å²) in [6.45, 7) is 2.89. The SMILES string of the molecule is CSCCC(C)N(C)Cc1cccc([N+](=O)[O-])c1Br. The maximum absolute atomic E-state index is 10.9. The minimum Gasteiger partial charge on any atom is -0.299 e. The van der Waals surface area contributed by atoms with Gasteiger partial charge >= 0.3 is 0 Å². The van der Waals surface area contributed by atoms with Gasteiger partial charge < -0.3 is 0 Å². The normalized spacial score (nSPS) is 12.7. The minimum absolute atomic E-state index is 0.127. The van der Waals surface area contributed by atoms with Gasteiger partial charge in [-0.15, -0.1) is 0 Å². The zero-order chi connectivity index (χ0) is 14.4. The molecule has 0 aromatic heterocycles. The van der Waals surface area contributed by atoms with E-state index < -0.39 is 0 Å². The lowest BCUT2D eigenvalue weighted by molar-refractivity contribution is -0.385. The Labute approximate surface area is 126 Å². The first-order chi connectivity index (χ1) is 8.97. The third-order valence-corrected chi connectivity index (χ3v) is 4.73. The molecule has 0 fully saturated rings. The molecular formula is C13H19BrN2O2S. The number of benzene rings is 1. The highest BCUT2D eigenvalue weighted by Crippen LogP contribution is 2.29. The second-order valence-corrected chi connectivity index (χ2v) is 6.33. The Kier molecular flexibility index (Phi) is 6.82. The van der Waals surface area contributed by atoms with Crippen LogP contribution in [0.1, 0.15) is 18.9 Å². The zero-order valence-corrected chi connectivity index (χ0v) is 13.8. The third kappa shape index (κ3) is 4.78. The van der Waals surface area contributed by atoms with Crippen molar-refractivity contribution in [3.05, 3.63) is 38.3 Å². The maximum Gasteiger partial charge on any atom is 0.283 e. The predicted molar refractivity (Wildman–Crippen MR) is 84.7 cm³/mol. The van der Waals surface area contributed by atoms with Crippen LogP contribution in [0, 0.1) is 10.1 Å². The highest BCUT2D eigenvalue weighted by molar-refractivity contribution is 9.10. The monoisotopic (exact) mass is 346 g/mol. The smallest absolute Gasteiger partial charge is 0.283 e. The van der Waals surface area contributed by atoms with Gasteiger partial charge in [0.15, 0.2) is 0 Å². The molecule has 0 aliphatic carbocycles. The van der Waals surface area contributed by atoms with E-state index in [0.29, 0.717) is 17.1 Å². The van der Waals surface area contributed by atoms with E-state index in [0.717, 1.165) is 17.7 Å². The Morgan fingerprint density at radius 1 is 1.53 bits per heavy atom. The second-order valence-electron chi connectivity index (χ2n) is 4.55. The van der Waals surface area contributed by atoms with E-state index in [-0.39, 0.29) is 10.6 Å². The van der Waals surface area contributed by atoms with Crippen molar-refractivity contribution in [1.82, 2.24) is 4.90 Å². The maximum atomic E-state index is 10.9. The molecule has 0 heterocycles. The molecule has 1 aromatic rings. The summed E-state index contributed by atoms with van der Waals surface area (Å²) in [6.07, 6.45) is 3.22. The van der Waals surface area contributed by atoms with Gasteiger partial charge in [-0.3, -0.25) is 15.0 Å². The number of thioether (sulfide) groups is 1. The second kappa shape index (κ2) is 7.87. The Bertz CT molecular complexity index is 443. The first kappa shape index (κ1) is 16.5. The average molecular weight is 347 g/mol. The lowest BCUT2D eigenvalue weighted by atomic mass is 10.1. The molecule has 0 N–H and O–H groups in total. The summed E-state index contributed by atoms with van der Waals surface area (Å²) in [5.74, 6) is 1.13. The zero-order valence-electron chi connectivity index (χ0n) is 11.4. The van der Waals surface area contributed by atoms with Crippen LogP contribution in [0.15, 0.2) is 22.7 Å². The number of rotatable bonds is 7. The van der Waals surface area contributed by atoms with Crippen LogP contribution < -0.4 is 0 Å². The molecule has 1 unspecified atom stereocenters. The average Bonchev–Trinajstić information content (AvgIpc) is 2.37. The van der Waals surface area contributed by atoms with Crippen molar-refractivity contribution in [1.29, 1.82) is 0 Å². The molecule has 1 rings (SSSR count). The number of hydrogen-bond donors (Lipinski definition) is 0. The van der Waals surface area contributed by atoms with E-state index in [1.54, 1.807) is 6.07 Å². The molecule has 0 aliphatic heterocycles. The van der Waals surface area contributed by atoms with Crippen LogP contribution in [0.25, 0.3) is 0 Å². The van der Waals surface area contributed by atoms with Gasteiger partial charge in [-0.1, -0.05) is 12.1 Å². The molecule has 0 bridgehead atoms. The summed E-state index contributed by atoms with van der Waals surface area (Å²) >= 11 is 5.18. The van der Waals surface area contributed by atoms with Gasteiger partial charge in [-0.05, 0) is 53.9 Å². The van der Waals surface area contributed by atoms with Gasteiger partial charge in [0.2, 0.25) is 0 Å². The number of nitrogens with zero attached hydrogens (tertiary/aromatic N) is 2. The van der Waals surface area contributed by atoms with Crippen molar-refractivity contribution >= 4 is 33.4 Å². The molecule has 0 spiro atoms. The quantitative estimate of drug-likeness (QED) is 0.554. The van der Waals surface area contributed by atoms with Crippen molar-refractivity contribution in [2.24, 2.45) is 0 Å². The van der Waals surface area contributed by atoms with Crippen LogP contribution in [-0.4, -0.2) is 34.9 Å². The van der Waals surface area contributed by atoms with E-state index in [1.807, 2.05) is 17.8 Å². The van der Waals surface area contributed by atoms with Crippen molar-refractivity contribution in [2.45, 2.75) is 25.9 Å². The van der Waals surface area contributed by atoms with E-state index in [1.165, 1.54) is 6.07 Å². The van der Waals surface area contributed by atoms with E-state index >= 15 is 0 Å². The molecule has 106 valence electrons. The molecule has 0 aliphatic rings. The lowest BCUT2D eigenvalue weighted by Gasteiger charge is -2.24. The number of hydrogen-bond acceptors (Lipinski definition) is 4. The molecule has 0 saturated carbocycles. The number of halogens is 1. The molecule has 6 heteroatoms. The summed E-state index contributed by atoms with van der Waals surface area (Å²) in [5.41, 5.74) is 1.08. The summed E-state index contributed by atoms with van der Waals surface area (Å²) < 4.78 is 0.587. The summed E-state index contributed by atoms with van der Waals surface area (Å²) in [4.78, 5) is 12.8. The van der Waals surface area contributed by atoms with Gasteiger partial charge in [0.05, 0.1) is 9.40 Å². The van der Waals surface area contributed by atoms with E-state index in [4.69, 9.17) is 0 Å². The Hall–Kier alpha value is -0.590. The van der Waals surface area contributed by atoms with E-state index in [9.17, 15) is 10.1 Å². The molecule has 0 radical (unpaired) electrons. The molecule has 0 amide bonds. The van der Waals surface area contributed by atoms with Gasteiger partial charge in [-0.25, -0.2) is 0 Å². The summed E-state index contributed by atoms with van der Waals surface area (Å²) in [5, 5.41) is 10.9. The summed E-state index contributed by atoms with van der Waals surface area (Å²) in [7, 11) is 2.05. The minimum atomic E-state index is -0.356. The van der Waals surface area contributed by atoms with Gasteiger partial charge in [-0.2, -0.15) is 11.8 Å². The highest BCUT2D eigenvalue weighted by atomic mass is 79.9. The third-order valence-electron chi connectivity index (χ3n) is 3.17. The van der Waals surface area contributed by atoms with Crippen LogP contribution in [0.5, 0.6) is 0 Å². The predicted octanol–water partition coefficient (Wildman–Crippen LogP) is 3.93. The molecule has 4 nitrogen and oxygen atoms in total. The fourth-order valence-electron chi connectivity index (χ4n) is 1.76. The fraction of sp³-hybridized carbons (Fsp3) is 0.538. The van der Waals surface area contributed by atoms with Gasteiger partial charge in [0.1, 0.15) is 0 Å². The van der Waals surface area contributed by atoms with Crippen molar-refractivity contribution < 1.29 is 4.92 Å².